The van der Waals surface area contributed by atoms with Gasteiger partial charge in [-0.1, -0.05) is 26.0 Å². The number of hydrogen-bond acceptors (Lipinski definition) is 5. The lowest BCUT2D eigenvalue weighted by molar-refractivity contribution is -0.135. The highest BCUT2D eigenvalue weighted by Crippen LogP contribution is 2.34. The van der Waals surface area contributed by atoms with Crippen LogP contribution in [-0.2, 0) is 11.2 Å². The highest BCUT2D eigenvalue weighted by atomic mass is 32.1. The van der Waals surface area contributed by atoms with Crippen molar-refractivity contribution in [1.82, 2.24) is 20.0 Å². The molecular formula is C30H44N4O3S. The molecule has 3 amide bonds. The van der Waals surface area contributed by atoms with E-state index in [0.717, 1.165) is 37.4 Å². The highest BCUT2D eigenvalue weighted by Gasteiger charge is 2.34. The first-order chi connectivity index (χ1) is 18.1. The van der Waals surface area contributed by atoms with Gasteiger partial charge in [-0.05, 0) is 93.7 Å². The van der Waals surface area contributed by atoms with Crippen LogP contribution in [0, 0.1) is 0 Å². The van der Waals surface area contributed by atoms with Crippen molar-refractivity contribution in [1.29, 1.82) is 0 Å². The number of hydrogen-bond donors (Lipinski definition) is 1. The van der Waals surface area contributed by atoms with Gasteiger partial charge in [0.2, 0.25) is 5.91 Å². The van der Waals surface area contributed by atoms with Crippen LogP contribution in [0.4, 0.5) is 4.79 Å². The Kier molecular flexibility index (Phi) is 9.36. The molecule has 208 valence electrons. The maximum Gasteiger partial charge on any atom is 0.318 e. The molecule has 1 aromatic heterocycles. The van der Waals surface area contributed by atoms with Gasteiger partial charge in [0, 0.05) is 30.1 Å². The SMILES string of the molecule is CC(C)c1ccc(OC[C@H]2c3ccsc3CCN2C(=O)CN(CCN2CCCC2)C(=O)NC(C)(C)C)cc1. The van der Waals surface area contributed by atoms with Crippen LogP contribution in [0.15, 0.2) is 35.7 Å². The van der Waals surface area contributed by atoms with Crippen molar-refractivity contribution in [2.45, 2.75) is 71.4 Å². The number of nitrogens with zero attached hydrogens (tertiary/aromatic N) is 3. The molecule has 1 aromatic carbocycles. The zero-order valence-corrected chi connectivity index (χ0v) is 24.5. The summed E-state index contributed by atoms with van der Waals surface area (Å²) in [5.74, 6) is 1.24. The van der Waals surface area contributed by atoms with Crippen LogP contribution in [0.2, 0.25) is 0 Å². The van der Waals surface area contributed by atoms with Gasteiger partial charge in [0.25, 0.3) is 0 Å². The van der Waals surface area contributed by atoms with Crippen LogP contribution in [0.5, 0.6) is 5.75 Å². The van der Waals surface area contributed by atoms with Gasteiger partial charge in [-0.15, -0.1) is 11.3 Å². The summed E-state index contributed by atoms with van der Waals surface area (Å²) in [6.45, 7) is 14.8. The molecule has 2 aromatic rings. The number of thiophene rings is 1. The first-order valence-electron chi connectivity index (χ1n) is 14.0. The Hall–Kier alpha value is -2.58. The number of carbonyl (C=O) groups is 2. The van der Waals surface area contributed by atoms with Crippen molar-refractivity contribution >= 4 is 23.3 Å². The second-order valence-corrected chi connectivity index (χ2v) is 12.8. The van der Waals surface area contributed by atoms with Crippen LogP contribution < -0.4 is 10.1 Å². The van der Waals surface area contributed by atoms with Gasteiger partial charge >= 0.3 is 6.03 Å². The number of ether oxygens (including phenoxy) is 1. The Morgan fingerprint density at radius 3 is 2.47 bits per heavy atom. The lowest BCUT2D eigenvalue weighted by Crippen LogP contribution is -2.54. The van der Waals surface area contributed by atoms with Crippen LogP contribution in [-0.4, -0.2) is 78.1 Å². The van der Waals surface area contributed by atoms with Crippen molar-refractivity contribution < 1.29 is 14.3 Å². The van der Waals surface area contributed by atoms with Gasteiger partial charge in [0.1, 0.15) is 18.9 Å². The average molecular weight is 541 g/mol. The van der Waals surface area contributed by atoms with E-state index in [1.807, 2.05) is 37.8 Å². The Morgan fingerprint density at radius 1 is 1.11 bits per heavy atom. The number of rotatable bonds is 9. The standard InChI is InChI=1S/C30H44N4O3S/c1-22(2)23-8-10-24(11-9-23)37-21-26-25-13-19-38-27(25)12-16-34(26)28(35)20-33(29(36)31-30(3,4)5)18-17-32-14-6-7-15-32/h8-11,13,19,22,26H,6-7,12,14-18,20-21H2,1-5H3,(H,31,36)/t26-/m0/s1. The topological polar surface area (TPSA) is 65.1 Å². The first-order valence-corrected chi connectivity index (χ1v) is 14.9. The third-order valence-electron chi connectivity index (χ3n) is 7.35. The molecule has 1 saturated heterocycles. The zero-order chi connectivity index (χ0) is 27.3. The summed E-state index contributed by atoms with van der Waals surface area (Å²) in [4.78, 5) is 34.3. The molecule has 4 rings (SSSR count). The summed E-state index contributed by atoms with van der Waals surface area (Å²) in [7, 11) is 0. The van der Waals surface area contributed by atoms with E-state index in [9.17, 15) is 9.59 Å². The summed E-state index contributed by atoms with van der Waals surface area (Å²) in [6.07, 6.45) is 3.23. The van der Waals surface area contributed by atoms with E-state index >= 15 is 0 Å². The largest absolute Gasteiger partial charge is 0.491 e. The third kappa shape index (κ3) is 7.50. The van der Waals surface area contributed by atoms with E-state index in [1.165, 1.54) is 23.3 Å². The molecule has 0 spiro atoms. The Morgan fingerprint density at radius 2 is 1.82 bits per heavy atom. The van der Waals surface area contributed by atoms with E-state index in [-0.39, 0.29) is 30.1 Å². The van der Waals surface area contributed by atoms with Crippen LogP contribution in [0.1, 0.15) is 75.4 Å². The van der Waals surface area contributed by atoms with E-state index in [0.29, 0.717) is 25.6 Å². The van der Waals surface area contributed by atoms with Crippen molar-refractivity contribution in [3.8, 4) is 5.75 Å². The summed E-state index contributed by atoms with van der Waals surface area (Å²) in [5.41, 5.74) is 2.06. The lowest BCUT2D eigenvalue weighted by atomic mass is 10.00. The van der Waals surface area contributed by atoms with Gasteiger partial charge in [-0.3, -0.25) is 4.79 Å². The number of benzene rings is 1. The van der Waals surface area contributed by atoms with Crippen LogP contribution in [0.3, 0.4) is 0 Å². The van der Waals surface area contributed by atoms with Gasteiger partial charge in [-0.2, -0.15) is 0 Å². The highest BCUT2D eigenvalue weighted by molar-refractivity contribution is 7.10. The second kappa shape index (κ2) is 12.5. The van der Waals surface area contributed by atoms with Gasteiger partial charge in [-0.25, -0.2) is 4.79 Å². The van der Waals surface area contributed by atoms with Crippen molar-refractivity contribution in [2.24, 2.45) is 0 Å². The van der Waals surface area contributed by atoms with E-state index in [2.05, 4.69) is 47.6 Å². The molecule has 3 heterocycles. The number of carbonyl (C=O) groups excluding carboxylic acids is 2. The van der Waals surface area contributed by atoms with E-state index < -0.39 is 0 Å². The molecule has 0 aliphatic carbocycles. The minimum Gasteiger partial charge on any atom is -0.491 e. The van der Waals surface area contributed by atoms with E-state index in [4.69, 9.17) is 4.74 Å². The summed E-state index contributed by atoms with van der Waals surface area (Å²) in [5, 5.41) is 5.16. The molecule has 0 bridgehead atoms. The summed E-state index contributed by atoms with van der Waals surface area (Å²) in [6, 6.07) is 9.99. The molecule has 1 atom stereocenters. The van der Waals surface area contributed by atoms with Gasteiger partial charge in [0.15, 0.2) is 0 Å². The monoisotopic (exact) mass is 540 g/mol. The van der Waals surface area contributed by atoms with Gasteiger partial charge in [0.05, 0.1) is 6.04 Å². The molecule has 0 saturated carbocycles. The molecule has 0 radical (unpaired) electrons. The van der Waals surface area contributed by atoms with Crippen LogP contribution in [0.25, 0.3) is 0 Å². The smallest absolute Gasteiger partial charge is 0.318 e. The average Bonchev–Trinajstić information content (AvgIpc) is 3.56. The minimum absolute atomic E-state index is 0.0314. The number of nitrogens with one attached hydrogen (secondary N) is 1. The quantitative estimate of drug-likeness (QED) is 0.470. The maximum atomic E-state index is 13.8. The third-order valence-corrected chi connectivity index (χ3v) is 8.35. The molecule has 38 heavy (non-hydrogen) atoms. The number of likely N-dealkylation sites (tertiary alicyclic amines) is 1. The summed E-state index contributed by atoms with van der Waals surface area (Å²) < 4.78 is 6.23. The molecule has 8 heteroatoms. The van der Waals surface area contributed by atoms with Gasteiger partial charge < -0.3 is 24.8 Å². The maximum absolute atomic E-state index is 13.8. The predicted molar refractivity (Wildman–Crippen MR) is 154 cm³/mol. The Balaban J connectivity index is 1.47. The fourth-order valence-corrected chi connectivity index (χ4v) is 6.10. The molecule has 7 nitrogen and oxygen atoms in total. The normalized spacial score (nSPS) is 17.9. The molecule has 0 unspecified atom stereocenters. The molecule has 1 fully saturated rings. The number of fused-ring (bicyclic) bond motifs is 1. The molecule has 2 aliphatic heterocycles. The molecule has 2 aliphatic rings. The molecule has 1 N–H and O–H groups in total. The Labute approximate surface area is 232 Å². The van der Waals surface area contributed by atoms with E-state index in [1.54, 1.807) is 16.2 Å². The summed E-state index contributed by atoms with van der Waals surface area (Å²) >= 11 is 1.74. The van der Waals surface area contributed by atoms with Crippen molar-refractivity contribution in [3.05, 3.63) is 51.7 Å². The van der Waals surface area contributed by atoms with Crippen molar-refractivity contribution in [3.63, 3.8) is 0 Å². The fraction of sp³-hybridized carbons (Fsp3) is 0.600. The second-order valence-electron chi connectivity index (χ2n) is 11.8. The predicted octanol–water partition coefficient (Wildman–Crippen LogP) is 5.28. The number of amides is 3. The lowest BCUT2D eigenvalue weighted by Gasteiger charge is -2.37. The first kappa shape index (κ1) is 28.4. The zero-order valence-electron chi connectivity index (χ0n) is 23.7. The molecular weight excluding hydrogens is 496 g/mol. The Bertz CT molecular complexity index is 1070. The fourth-order valence-electron chi connectivity index (χ4n) is 5.17. The van der Waals surface area contributed by atoms with Crippen molar-refractivity contribution in [2.75, 3.05) is 45.9 Å². The minimum atomic E-state index is -0.371. The van der Waals surface area contributed by atoms with Crippen LogP contribution >= 0.6 is 11.3 Å². The number of urea groups is 1.